The Morgan fingerprint density at radius 1 is 1.00 bits per heavy atom. The molecule has 33 heavy (non-hydrogen) atoms. The molecular weight excluding hydrogens is 422 g/mol. The molecule has 2 aromatic rings. The highest BCUT2D eigenvalue weighted by Gasteiger charge is 2.14. The number of piperidine rings is 1. The number of benzene rings is 1. The number of nitrogens with zero attached hydrogens (tertiary/aromatic N) is 1. The number of carbonyl (C=O) groups is 1. The molecule has 0 saturated carbocycles. The van der Waals surface area contributed by atoms with Gasteiger partial charge < -0.3 is 36.0 Å². The normalized spacial score (nSPS) is 15.4. The molecule has 1 saturated heterocycles. The third-order valence-electron chi connectivity index (χ3n) is 6.08. The summed E-state index contributed by atoms with van der Waals surface area (Å²) in [4.78, 5) is 28.4. The van der Waals surface area contributed by atoms with Crippen LogP contribution < -0.4 is 21.5 Å². The average Bonchev–Trinajstić information content (AvgIpc) is 2.82. The SMILES string of the molecule is O=C(NCCCCCNC[C@H](O)c1ccc(O)c2[nH]c(=O)ccc12)NCCN1CCCCC1. The molecule has 9 nitrogen and oxygen atoms in total. The lowest BCUT2D eigenvalue weighted by Gasteiger charge is -2.26. The average molecular weight is 460 g/mol. The molecule has 3 rings (SSSR count). The zero-order valence-corrected chi connectivity index (χ0v) is 19.2. The Bertz CT molecular complexity index is 942. The third kappa shape index (κ3) is 8.03. The van der Waals surface area contributed by atoms with Crippen LogP contribution in [-0.4, -0.2) is 71.9 Å². The van der Waals surface area contributed by atoms with Crippen LogP contribution in [-0.2, 0) is 0 Å². The number of rotatable bonds is 12. The Labute approximate surface area is 194 Å². The van der Waals surface area contributed by atoms with Gasteiger partial charge in [0.15, 0.2) is 0 Å². The smallest absolute Gasteiger partial charge is 0.314 e. The maximum Gasteiger partial charge on any atom is 0.314 e. The van der Waals surface area contributed by atoms with Gasteiger partial charge in [0.1, 0.15) is 5.75 Å². The minimum Gasteiger partial charge on any atom is -0.506 e. The molecule has 0 spiro atoms. The molecule has 0 aliphatic carbocycles. The van der Waals surface area contributed by atoms with Crippen LogP contribution >= 0.6 is 0 Å². The van der Waals surface area contributed by atoms with Gasteiger partial charge in [0.2, 0.25) is 5.56 Å². The number of likely N-dealkylation sites (tertiary alicyclic amines) is 1. The van der Waals surface area contributed by atoms with Crippen molar-refractivity contribution in [3.63, 3.8) is 0 Å². The molecule has 2 heterocycles. The van der Waals surface area contributed by atoms with Crippen LogP contribution in [0.25, 0.3) is 10.9 Å². The monoisotopic (exact) mass is 459 g/mol. The second-order valence-electron chi connectivity index (χ2n) is 8.65. The first-order valence-electron chi connectivity index (χ1n) is 12.0. The van der Waals surface area contributed by atoms with Gasteiger partial charge in [0, 0.05) is 37.6 Å². The van der Waals surface area contributed by atoms with Crippen LogP contribution in [0, 0.1) is 0 Å². The number of fused-ring (bicyclic) bond motifs is 1. The molecule has 9 heteroatoms. The van der Waals surface area contributed by atoms with Crippen molar-refractivity contribution >= 4 is 16.9 Å². The van der Waals surface area contributed by atoms with Crippen molar-refractivity contribution in [1.82, 2.24) is 25.8 Å². The number of aromatic nitrogens is 1. The Kier molecular flexibility index (Phi) is 9.99. The Hall–Kier alpha value is -2.62. The summed E-state index contributed by atoms with van der Waals surface area (Å²) in [6, 6.07) is 6.05. The number of H-pyrrole nitrogens is 1. The van der Waals surface area contributed by atoms with Gasteiger partial charge in [0.05, 0.1) is 11.6 Å². The molecule has 1 aromatic heterocycles. The summed E-state index contributed by atoms with van der Waals surface area (Å²) in [5, 5.41) is 30.2. The number of carbonyl (C=O) groups excluding carboxylic acids is 1. The summed E-state index contributed by atoms with van der Waals surface area (Å²) >= 11 is 0. The first kappa shape index (κ1) is 25.0. The number of hydrogen-bond donors (Lipinski definition) is 6. The Morgan fingerprint density at radius 3 is 2.58 bits per heavy atom. The molecule has 1 fully saturated rings. The number of aromatic hydroxyl groups is 1. The summed E-state index contributed by atoms with van der Waals surface area (Å²) in [6.45, 7) is 5.66. The van der Waals surface area contributed by atoms with Crippen molar-refractivity contribution in [2.45, 2.75) is 44.6 Å². The van der Waals surface area contributed by atoms with Gasteiger partial charge >= 0.3 is 6.03 Å². The van der Waals surface area contributed by atoms with E-state index in [1.54, 1.807) is 12.1 Å². The van der Waals surface area contributed by atoms with E-state index in [-0.39, 0.29) is 17.3 Å². The van der Waals surface area contributed by atoms with Gasteiger partial charge in [-0.05, 0) is 63.0 Å². The summed E-state index contributed by atoms with van der Waals surface area (Å²) in [5.41, 5.74) is 0.691. The number of nitrogens with one attached hydrogen (secondary N) is 4. The number of phenolic OH excluding ortho intramolecular Hbond substituents is 1. The van der Waals surface area contributed by atoms with Crippen molar-refractivity contribution in [2.24, 2.45) is 0 Å². The van der Waals surface area contributed by atoms with E-state index in [4.69, 9.17) is 0 Å². The fraction of sp³-hybridized carbons (Fsp3) is 0.583. The lowest BCUT2D eigenvalue weighted by atomic mass is 10.0. The van der Waals surface area contributed by atoms with E-state index >= 15 is 0 Å². The van der Waals surface area contributed by atoms with E-state index in [0.29, 0.717) is 36.1 Å². The quantitative estimate of drug-likeness (QED) is 0.269. The van der Waals surface area contributed by atoms with Crippen molar-refractivity contribution in [3.05, 3.63) is 40.2 Å². The molecule has 1 aliphatic heterocycles. The maximum atomic E-state index is 11.8. The number of pyridine rings is 1. The molecule has 182 valence electrons. The molecule has 1 atom stereocenters. The number of unbranched alkanes of at least 4 members (excludes halogenated alkanes) is 2. The number of amides is 2. The van der Waals surface area contributed by atoms with E-state index < -0.39 is 6.10 Å². The van der Waals surface area contributed by atoms with Gasteiger partial charge in [0.25, 0.3) is 0 Å². The summed E-state index contributed by atoms with van der Waals surface area (Å²) < 4.78 is 0. The largest absolute Gasteiger partial charge is 0.506 e. The highest BCUT2D eigenvalue weighted by atomic mass is 16.3. The van der Waals surface area contributed by atoms with Crippen molar-refractivity contribution in [2.75, 3.05) is 45.8 Å². The van der Waals surface area contributed by atoms with Crippen LogP contribution in [0.4, 0.5) is 4.79 Å². The number of aliphatic hydroxyl groups is 1. The third-order valence-corrected chi connectivity index (χ3v) is 6.08. The predicted octanol–water partition coefficient (Wildman–Crippen LogP) is 1.81. The van der Waals surface area contributed by atoms with Crippen molar-refractivity contribution in [3.8, 4) is 5.75 Å². The summed E-state index contributed by atoms with van der Waals surface area (Å²) in [5.74, 6) is -0.0177. The van der Waals surface area contributed by atoms with E-state index in [9.17, 15) is 19.8 Å². The fourth-order valence-electron chi connectivity index (χ4n) is 4.23. The molecule has 0 radical (unpaired) electrons. The van der Waals surface area contributed by atoms with Crippen LogP contribution in [0.15, 0.2) is 29.1 Å². The van der Waals surface area contributed by atoms with Crippen LogP contribution in [0.2, 0.25) is 0 Å². The van der Waals surface area contributed by atoms with Crippen molar-refractivity contribution < 1.29 is 15.0 Å². The summed E-state index contributed by atoms with van der Waals surface area (Å²) in [6.07, 6.45) is 5.90. The van der Waals surface area contributed by atoms with E-state index in [1.807, 2.05) is 0 Å². The number of urea groups is 1. The minimum atomic E-state index is -0.755. The number of aromatic amines is 1. The molecule has 1 aromatic carbocycles. The van der Waals surface area contributed by atoms with Crippen LogP contribution in [0.3, 0.4) is 0 Å². The van der Waals surface area contributed by atoms with Gasteiger partial charge in [-0.25, -0.2) is 4.79 Å². The second-order valence-corrected chi connectivity index (χ2v) is 8.65. The number of phenols is 1. The molecular formula is C24H37N5O4. The lowest BCUT2D eigenvalue weighted by Crippen LogP contribution is -2.41. The standard InChI is InChI=1S/C24H37N5O4/c30-20-9-7-18(19-8-10-22(32)28-23(19)20)21(31)17-25-11-3-1-4-12-26-24(33)27-13-16-29-14-5-2-6-15-29/h7-10,21,25,30-31H,1-6,11-17H2,(H,28,32)(H2,26,27,33)/t21-/m0/s1. The van der Waals surface area contributed by atoms with Crippen LogP contribution in [0.1, 0.15) is 50.2 Å². The van der Waals surface area contributed by atoms with Gasteiger partial charge in [-0.2, -0.15) is 0 Å². The first-order chi connectivity index (χ1) is 16.0. The van der Waals surface area contributed by atoms with Crippen LogP contribution in [0.5, 0.6) is 5.75 Å². The Balaban J connectivity index is 1.24. The van der Waals surface area contributed by atoms with Gasteiger partial charge in [-0.3, -0.25) is 4.79 Å². The maximum absolute atomic E-state index is 11.8. The zero-order valence-electron chi connectivity index (χ0n) is 19.2. The van der Waals surface area contributed by atoms with E-state index in [0.717, 1.165) is 45.4 Å². The highest BCUT2D eigenvalue weighted by molar-refractivity contribution is 5.87. The predicted molar refractivity (Wildman–Crippen MR) is 130 cm³/mol. The highest BCUT2D eigenvalue weighted by Crippen LogP contribution is 2.28. The lowest BCUT2D eigenvalue weighted by molar-refractivity contribution is 0.176. The molecule has 0 unspecified atom stereocenters. The van der Waals surface area contributed by atoms with Crippen molar-refractivity contribution in [1.29, 1.82) is 0 Å². The fourth-order valence-corrected chi connectivity index (χ4v) is 4.23. The molecule has 2 amide bonds. The first-order valence-corrected chi connectivity index (χ1v) is 12.0. The topological polar surface area (TPSA) is 130 Å². The molecule has 0 bridgehead atoms. The van der Waals surface area contributed by atoms with Gasteiger partial charge in [-0.1, -0.05) is 18.9 Å². The summed E-state index contributed by atoms with van der Waals surface area (Å²) in [7, 11) is 0. The van der Waals surface area contributed by atoms with E-state index in [1.165, 1.54) is 31.4 Å². The molecule has 1 aliphatic rings. The molecule has 6 N–H and O–H groups in total. The number of aliphatic hydroxyl groups excluding tert-OH is 1. The minimum absolute atomic E-state index is 0.0177. The number of hydrogen-bond acceptors (Lipinski definition) is 6. The van der Waals surface area contributed by atoms with E-state index in [2.05, 4.69) is 25.8 Å². The zero-order chi connectivity index (χ0) is 23.5. The Morgan fingerprint density at radius 2 is 1.76 bits per heavy atom. The van der Waals surface area contributed by atoms with Gasteiger partial charge in [-0.15, -0.1) is 0 Å². The second kappa shape index (κ2) is 13.2.